The zero-order valence-electron chi connectivity index (χ0n) is 14.1. The number of carboxylic acid groups (broad SMARTS) is 1. The van der Waals surface area contributed by atoms with E-state index in [4.69, 9.17) is 14.6 Å². The van der Waals surface area contributed by atoms with Gasteiger partial charge in [0.15, 0.2) is 0 Å². The fourth-order valence-corrected chi connectivity index (χ4v) is 2.27. The molecule has 1 aliphatic rings. The van der Waals surface area contributed by atoms with Crippen molar-refractivity contribution in [1.29, 1.82) is 0 Å². The zero-order valence-corrected chi connectivity index (χ0v) is 15.0. The summed E-state index contributed by atoms with van der Waals surface area (Å²) in [5.74, 6) is -2.76. The number of likely N-dealkylation sites (tertiary alicyclic amines) is 1. The highest BCUT2D eigenvalue weighted by Gasteiger charge is 2.38. The average Bonchev–Trinajstić information content (AvgIpc) is 2.85. The van der Waals surface area contributed by atoms with Gasteiger partial charge in [-0.2, -0.15) is 25.8 Å². The van der Waals surface area contributed by atoms with Crippen molar-refractivity contribution in [2.24, 2.45) is 0 Å². The second-order valence-electron chi connectivity index (χ2n) is 5.47. The number of likely N-dealkylation sites (N-methyl/N-ethyl adjacent to an activating group) is 1. The number of aliphatic carboxylic acids is 1. The molecular formula is C15H23F3N2O4S. The number of thiol groups is 1. The third-order valence-corrected chi connectivity index (χ3v) is 3.33. The summed E-state index contributed by atoms with van der Waals surface area (Å²) in [6, 6.07) is 0.0877. The third kappa shape index (κ3) is 10.0. The minimum absolute atomic E-state index is 0.0877. The minimum atomic E-state index is -5.08. The van der Waals surface area contributed by atoms with E-state index in [9.17, 15) is 18.0 Å². The number of carboxylic acids is 1. The summed E-state index contributed by atoms with van der Waals surface area (Å²) in [6.45, 7) is 5.28. The van der Waals surface area contributed by atoms with Crippen molar-refractivity contribution >= 4 is 24.7 Å². The summed E-state index contributed by atoms with van der Waals surface area (Å²) in [4.78, 5) is 24.5. The number of hydrogen-bond donors (Lipinski definition) is 2. The Hall–Kier alpha value is -1.68. The van der Waals surface area contributed by atoms with Crippen molar-refractivity contribution in [2.75, 3.05) is 33.8 Å². The van der Waals surface area contributed by atoms with Crippen molar-refractivity contribution in [3.05, 3.63) is 24.8 Å². The van der Waals surface area contributed by atoms with Gasteiger partial charge in [-0.25, -0.2) is 9.59 Å². The van der Waals surface area contributed by atoms with Crippen LogP contribution in [0, 0.1) is 0 Å². The van der Waals surface area contributed by atoms with Gasteiger partial charge in [0.25, 0.3) is 0 Å². The monoisotopic (exact) mass is 384 g/mol. The quantitative estimate of drug-likeness (QED) is 0.563. The maximum atomic E-state index is 11.8. The smallest absolute Gasteiger partial charge is 0.475 e. The minimum Gasteiger partial charge on any atom is -0.475 e. The molecule has 0 aromatic rings. The molecule has 1 saturated heterocycles. The SMILES string of the molecule is C=CCOC(=O)N1C[C@@H](S)C[C@H]1C=CCN(C)C.O=C(O)C(F)(F)F. The average molecular weight is 384 g/mol. The second kappa shape index (κ2) is 11.0. The van der Waals surface area contributed by atoms with Crippen LogP contribution in [0.3, 0.4) is 0 Å². The second-order valence-corrected chi connectivity index (χ2v) is 6.20. The lowest BCUT2D eigenvalue weighted by Gasteiger charge is -2.21. The molecule has 0 spiro atoms. The Morgan fingerprint density at radius 3 is 2.44 bits per heavy atom. The third-order valence-electron chi connectivity index (χ3n) is 2.95. The lowest BCUT2D eigenvalue weighted by molar-refractivity contribution is -0.192. The van der Waals surface area contributed by atoms with Crippen LogP contribution in [0.25, 0.3) is 0 Å². The molecular weight excluding hydrogens is 361 g/mol. The van der Waals surface area contributed by atoms with Gasteiger partial charge in [-0.3, -0.25) is 0 Å². The molecule has 2 atom stereocenters. The van der Waals surface area contributed by atoms with Crippen LogP contribution in [0.5, 0.6) is 0 Å². The Morgan fingerprint density at radius 2 is 2.00 bits per heavy atom. The van der Waals surface area contributed by atoms with Crippen molar-refractivity contribution < 1.29 is 32.6 Å². The summed E-state index contributed by atoms with van der Waals surface area (Å²) in [7, 11) is 4.02. The molecule has 1 fully saturated rings. The number of alkyl halides is 3. The summed E-state index contributed by atoms with van der Waals surface area (Å²) in [6.07, 6.45) is 1.21. The van der Waals surface area contributed by atoms with Gasteiger partial charge in [0.1, 0.15) is 6.61 Å². The van der Waals surface area contributed by atoms with Gasteiger partial charge < -0.3 is 19.6 Å². The highest BCUT2D eigenvalue weighted by atomic mass is 32.1. The first-order valence-electron chi connectivity index (χ1n) is 7.32. The molecule has 0 aromatic carbocycles. The number of hydrogen-bond acceptors (Lipinski definition) is 5. The Labute approximate surface area is 150 Å². The molecule has 144 valence electrons. The molecule has 0 bridgehead atoms. The number of rotatable bonds is 5. The normalized spacial score (nSPS) is 20.4. The highest BCUT2D eigenvalue weighted by Crippen LogP contribution is 2.23. The Morgan fingerprint density at radius 1 is 1.44 bits per heavy atom. The Balaban J connectivity index is 0.000000697. The lowest BCUT2D eigenvalue weighted by atomic mass is 10.2. The number of amides is 1. The van der Waals surface area contributed by atoms with Gasteiger partial charge in [0.05, 0.1) is 6.04 Å². The summed E-state index contributed by atoms with van der Waals surface area (Å²) in [5, 5.41) is 7.34. The van der Waals surface area contributed by atoms with E-state index < -0.39 is 12.1 Å². The van der Waals surface area contributed by atoms with Gasteiger partial charge in [0.2, 0.25) is 0 Å². The van der Waals surface area contributed by atoms with Crippen molar-refractivity contribution in [3.63, 3.8) is 0 Å². The lowest BCUT2D eigenvalue weighted by Crippen LogP contribution is -2.35. The van der Waals surface area contributed by atoms with Crippen LogP contribution in [0.2, 0.25) is 0 Å². The van der Waals surface area contributed by atoms with E-state index in [-0.39, 0.29) is 24.0 Å². The highest BCUT2D eigenvalue weighted by molar-refractivity contribution is 7.81. The summed E-state index contributed by atoms with van der Waals surface area (Å²) < 4.78 is 36.8. The van der Waals surface area contributed by atoms with Gasteiger partial charge in [-0.15, -0.1) is 0 Å². The zero-order chi connectivity index (χ0) is 19.6. The van der Waals surface area contributed by atoms with Crippen LogP contribution in [0.4, 0.5) is 18.0 Å². The van der Waals surface area contributed by atoms with Crippen molar-refractivity contribution in [2.45, 2.75) is 23.9 Å². The Bertz CT molecular complexity index is 484. The van der Waals surface area contributed by atoms with E-state index in [0.29, 0.717) is 6.54 Å². The van der Waals surface area contributed by atoms with E-state index >= 15 is 0 Å². The van der Waals surface area contributed by atoms with Crippen molar-refractivity contribution in [1.82, 2.24) is 9.80 Å². The van der Waals surface area contributed by atoms with E-state index in [0.717, 1.165) is 13.0 Å². The molecule has 0 aliphatic carbocycles. The first-order chi connectivity index (χ1) is 11.5. The maximum Gasteiger partial charge on any atom is 0.490 e. The van der Waals surface area contributed by atoms with Crippen molar-refractivity contribution in [3.8, 4) is 0 Å². The standard InChI is InChI=1S/C13H22N2O2S.C2HF3O2/c1-4-8-17-13(16)15-10-12(18)9-11(15)6-5-7-14(2)3;3-2(4,5)1(6)7/h4-6,11-12,18H,1,7-10H2,2-3H3;(H,6,7)/t11-,12+;/m1./s1. The summed E-state index contributed by atoms with van der Waals surface area (Å²) in [5.41, 5.74) is 0. The molecule has 0 saturated carbocycles. The molecule has 6 nitrogen and oxygen atoms in total. The number of ether oxygens (including phenoxy) is 1. The fourth-order valence-electron chi connectivity index (χ4n) is 1.88. The van der Waals surface area contributed by atoms with Crippen LogP contribution < -0.4 is 0 Å². The first kappa shape index (κ1) is 23.3. The molecule has 1 rings (SSSR count). The number of carbonyl (C=O) groups excluding carboxylic acids is 1. The number of carbonyl (C=O) groups is 2. The van der Waals surface area contributed by atoms with Crippen LogP contribution in [-0.4, -0.2) is 78.2 Å². The van der Waals surface area contributed by atoms with Crippen LogP contribution in [0.15, 0.2) is 24.8 Å². The van der Waals surface area contributed by atoms with Gasteiger partial charge >= 0.3 is 18.2 Å². The fraction of sp³-hybridized carbons (Fsp3) is 0.600. The molecule has 0 aromatic heterocycles. The molecule has 1 N–H and O–H groups in total. The van der Waals surface area contributed by atoms with Gasteiger partial charge in [0, 0.05) is 18.3 Å². The maximum absolute atomic E-state index is 11.8. The predicted octanol–water partition coefficient (Wildman–Crippen LogP) is 2.43. The van der Waals surface area contributed by atoms with E-state index in [1.54, 1.807) is 11.0 Å². The van der Waals surface area contributed by atoms with E-state index in [1.807, 2.05) is 14.1 Å². The topological polar surface area (TPSA) is 70.1 Å². The van der Waals surface area contributed by atoms with E-state index in [2.05, 4.69) is 36.3 Å². The Kier molecular flexibility index (Phi) is 10.3. The van der Waals surface area contributed by atoms with Gasteiger partial charge in [-0.1, -0.05) is 24.8 Å². The molecule has 1 aliphatic heterocycles. The van der Waals surface area contributed by atoms with Crippen LogP contribution in [0.1, 0.15) is 6.42 Å². The molecule has 1 heterocycles. The molecule has 0 radical (unpaired) electrons. The predicted molar refractivity (Wildman–Crippen MR) is 90.8 cm³/mol. The van der Waals surface area contributed by atoms with Crippen LogP contribution in [-0.2, 0) is 9.53 Å². The largest absolute Gasteiger partial charge is 0.490 e. The molecule has 10 heteroatoms. The van der Waals surface area contributed by atoms with E-state index in [1.165, 1.54) is 0 Å². The number of nitrogens with zero attached hydrogens (tertiary/aromatic N) is 2. The molecule has 25 heavy (non-hydrogen) atoms. The number of halogens is 3. The first-order valence-corrected chi connectivity index (χ1v) is 7.84. The molecule has 0 unspecified atom stereocenters. The van der Waals surface area contributed by atoms with Crippen LogP contribution >= 0.6 is 12.6 Å². The van der Waals surface area contributed by atoms with Gasteiger partial charge in [-0.05, 0) is 20.5 Å². The molecule has 1 amide bonds. The summed E-state index contributed by atoms with van der Waals surface area (Å²) >= 11 is 4.45.